The number of aromatic nitrogens is 1. The number of halogens is 4. The summed E-state index contributed by atoms with van der Waals surface area (Å²) in [4.78, 5) is 4.32. The first kappa shape index (κ1) is 17.5. The summed E-state index contributed by atoms with van der Waals surface area (Å²) < 4.78 is 38.2. The minimum atomic E-state index is -4.37. The van der Waals surface area contributed by atoms with Gasteiger partial charge in [-0.25, -0.2) is 0 Å². The van der Waals surface area contributed by atoms with Crippen molar-refractivity contribution >= 4 is 11.6 Å². The lowest BCUT2D eigenvalue weighted by atomic mass is 9.95. The second-order valence-electron chi connectivity index (χ2n) is 5.55. The molecule has 1 atom stereocenters. The Kier molecular flexibility index (Phi) is 4.79. The van der Waals surface area contributed by atoms with Crippen LogP contribution in [0.5, 0.6) is 0 Å². The number of nitrogens with two attached hydrogens (primary N) is 1. The van der Waals surface area contributed by atoms with Gasteiger partial charge in [0.2, 0.25) is 0 Å². The maximum Gasteiger partial charge on any atom is 0.416 e. The Balaban J connectivity index is 2.00. The summed E-state index contributed by atoms with van der Waals surface area (Å²) in [5, 5.41) is 0.602. The van der Waals surface area contributed by atoms with Crippen LogP contribution in [0.25, 0.3) is 11.3 Å². The van der Waals surface area contributed by atoms with Crippen LogP contribution in [-0.4, -0.2) is 4.98 Å². The minimum Gasteiger partial charge on any atom is -0.320 e. The number of pyridine rings is 1. The van der Waals surface area contributed by atoms with Crippen molar-refractivity contribution in [3.8, 4) is 11.3 Å². The number of hydrogen-bond acceptors (Lipinski definition) is 2. The van der Waals surface area contributed by atoms with E-state index >= 15 is 0 Å². The van der Waals surface area contributed by atoms with Crippen LogP contribution in [-0.2, 0) is 6.18 Å². The average molecular weight is 363 g/mol. The molecule has 0 bridgehead atoms. The Morgan fingerprint density at radius 2 is 1.56 bits per heavy atom. The summed E-state index contributed by atoms with van der Waals surface area (Å²) in [7, 11) is 0. The van der Waals surface area contributed by atoms with E-state index in [-0.39, 0.29) is 0 Å². The lowest BCUT2D eigenvalue weighted by Crippen LogP contribution is -2.13. The molecule has 2 nitrogen and oxygen atoms in total. The first-order valence-corrected chi connectivity index (χ1v) is 7.87. The highest BCUT2D eigenvalue weighted by molar-refractivity contribution is 6.30. The molecule has 1 aromatic heterocycles. The normalized spacial score (nSPS) is 12.8. The quantitative estimate of drug-likeness (QED) is 0.671. The molecule has 25 heavy (non-hydrogen) atoms. The standard InChI is InChI=1S/C19H14ClF3N2/c20-15-9-5-12(6-10-15)17(24)16-2-1-11-25-18(16)13-3-7-14(8-4-13)19(21,22)23/h1-11,17H,24H2. The molecule has 1 unspecified atom stereocenters. The first-order valence-electron chi connectivity index (χ1n) is 7.50. The minimum absolute atomic E-state index is 0.469. The van der Waals surface area contributed by atoms with Gasteiger partial charge in [-0.2, -0.15) is 13.2 Å². The van der Waals surface area contributed by atoms with Gasteiger partial charge >= 0.3 is 6.18 Å². The summed E-state index contributed by atoms with van der Waals surface area (Å²) in [6.07, 6.45) is -2.78. The topological polar surface area (TPSA) is 38.9 Å². The van der Waals surface area contributed by atoms with Gasteiger partial charge in [-0.15, -0.1) is 0 Å². The van der Waals surface area contributed by atoms with E-state index in [4.69, 9.17) is 17.3 Å². The molecular weight excluding hydrogens is 349 g/mol. The van der Waals surface area contributed by atoms with Crippen molar-refractivity contribution in [1.82, 2.24) is 4.98 Å². The molecule has 0 amide bonds. The summed E-state index contributed by atoms with van der Waals surface area (Å²) in [6, 6.07) is 15.1. The number of rotatable bonds is 3. The third-order valence-electron chi connectivity index (χ3n) is 3.89. The molecule has 0 fully saturated rings. The molecular formula is C19H14ClF3N2. The molecule has 0 aliphatic rings. The molecule has 0 aliphatic heterocycles. The zero-order valence-corrected chi connectivity index (χ0v) is 13.7. The molecule has 2 N–H and O–H groups in total. The summed E-state index contributed by atoms with van der Waals surface area (Å²) in [5.41, 5.74) is 8.34. The van der Waals surface area contributed by atoms with Crippen molar-refractivity contribution in [3.63, 3.8) is 0 Å². The Bertz CT molecular complexity index is 859. The lowest BCUT2D eigenvalue weighted by Gasteiger charge is -2.17. The molecule has 0 saturated heterocycles. The third-order valence-corrected chi connectivity index (χ3v) is 4.14. The molecule has 0 aliphatic carbocycles. The maximum atomic E-state index is 12.7. The van der Waals surface area contributed by atoms with Crippen LogP contribution in [0.1, 0.15) is 22.7 Å². The molecule has 6 heteroatoms. The molecule has 3 rings (SSSR count). The van der Waals surface area contributed by atoms with E-state index < -0.39 is 17.8 Å². The predicted molar refractivity (Wildman–Crippen MR) is 92.2 cm³/mol. The van der Waals surface area contributed by atoms with Gasteiger partial charge in [-0.05, 0) is 41.5 Å². The first-order chi connectivity index (χ1) is 11.9. The van der Waals surface area contributed by atoms with Gasteiger partial charge in [-0.3, -0.25) is 4.98 Å². The molecule has 3 aromatic rings. The molecule has 1 heterocycles. The van der Waals surface area contributed by atoms with E-state index in [1.807, 2.05) is 18.2 Å². The molecule has 0 saturated carbocycles. The van der Waals surface area contributed by atoms with E-state index in [2.05, 4.69) is 4.98 Å². The summed E-state index contributed by atoms with van der Waals surface area (Å²) in [5.74, 6) is 0. The Morgan fingerprint density at radius 3 is 2.16 bits per heavy atom. The van der Waals surface area contributed by atoms with Crippen LogP contribution in [0.4, 0.5) is 13.2 Å². The van der Waals surface area contributed by atoms with Crippen LogP contribution >= 0.6 is 11.6 Å². The highest BCUT2D eigenvalue weighted by Gasteiger charge is 2.30. The highest BCUT2D eigenvalue weighted by atomic mass is 35.5. The lowest BCUT2D eigenvalue weighted by molar-refractivity contribution is -0.137. The fourth-order valence-electron chi connectivity index (χ4n) is 2.58. The van der Waals surface area contributed by atoms with Crippen molar-refractivity contribution in [1.29, 1.82) is 0 Å². The molecule has 128 valence electrons. The number of hydrogen-bond donors (Lipinski definition) is 1. The highest BCUT2D eigenvalue weighted by Crippen LogP contribution is 2.33. The smallest absolute Gasteiger partial charge is 0.320 e. The van der Waals surface area contributed by atoms with Gasteiger partial charge < -0.3 is 5.73 Å². The van der Waals surface area contributed by atoms with Crippen molar-refractivity contribution in [2.24, 2.45) is 5.73 Å². The van der Waals surface area contributed by atoms with E-state index in [9.17, 15) is 13.2 Å². The fraction of sp³-hybridized carbons (Fsp3) is 0.105. The zero-order chi connectivity index (χ0) is 18.0. The maximum absolute atomic E-state index is 12.7. The van der Waals surface area contributed by atoms with Crippen LogP contribution in [0.2, 0.25) is 5.02 Å². The second kappa shape index (κ2) is 6.86. The Hall–Kier alpha value is -2.37. The Morgan fingerprint density at radius 1 is 0.920 bits per heavy atom. The van der Waals surface area contributed by atoms with Crippen LogP contribution < -0.4 is 5.73 Å². The third kappa shape index (κ3) is 3.83. The van der Waals surface area contributed by atoms with Gasteiger partial charge in [0.15, 0.2) is 0 Å². The van der Waals surface area contributed by atoms with Crippen molar-refractivity contribution < 1.29 is 13.2 Å². The number of benzene rings is 2. The summed E-state index contributed by atoms with van der Waals surface area (Å²) >= 11 is 5.90. The van der Waals surface area contributed by atoms with Gasteiger partial charge in [0.25, 0.3) is 0 Å². The van der Waals surface area contributed by atoms with E-state index in [0.29, 0.717) is 16.3 Å². The number of alkyl halides is 3. The monoisotopic (exact) mass is 362 g/mol. The van der Waals surface area contributed by atoms with Crippen LogP contribution in [0.15, 0.2) is 66.9 Å². The summed E-state index contributed by atoms with van der Waals surface area (Å²) in [6.45, 7) is 0. The van der Waals surface area contributed by atoms with Gasteiger partial charge in [0.1, 0.15) is 0 Å². The van der Waals surface area contributed by atoms with E-state index in [1.165, 1.54) is 12.1 Å². The molecule has 0 radical (unpaired) electrons. The van der Waals surface area contributed by atoms with Gasteiger partial charge in [0.05, 0.1) is 17.3 Å². The largest absolute Gasteiger partial charge is 0.416 e. The van der Waals surface area contributed by atoms with E-state index in [0.717, 1.165) is 23.3 Å². The fourth-order valence-corrected chi connectivity index (χ4v) is 2.70. The van der Waals surface area contributed by atoms with Gasteiger partial charge in [0, 0.05) is 16.8 Å². The van der Waals surface area contributed by atoms with Crippen LogP contribution in [0.3, 0.4) is 0 Å². The average Bonchev–Trinajstić information content (AvgIpc) is 2.61. The number of nitrogens with zero attached hydrogens (tertiary/aromatic N) is 1. The van der Waals surface area contributed by atoms with Crippen molar-refractivity contribution in [2.45, 2.75) is 12.2 Å². The molecule has 0 spiro atoms. The predicted octanol–water partition coefficient (Wildman–Crippen LogP) is 5.47. The zero-order valence-electron chi connectivity index (χ0n) is 13.0. The molecule has 2 aromatic carbocycles. The van der Waals surface area contributed by atoms with Crippen LogP contribution in [0, 0.1) is 0 Å². The van der Waals surface area contributed by atoms with Gasteiger partial charge in [-0.1, -0.05) is 41.9 Å². The SMILES string of the molecule is NC(c1ccc(Cl)cc1)c1cccnc1-c1ccc(C(F)(F)F)cc1. The second-order valence-corrected chi connectivity index (χ2v) is 5.98. The van der Waals surface area contributed by atoms with E-state index in [1.54, 1.807) is 24.4 Å². The van der Waals surface area contributed by atoms with Crippen molar-refractivity contribution in [2.75, 3.05) is 0 Å². The Labute approximate surface area is 148 Å². The van der Waals surface area contributed by atoms with Crippen molar-refractivity contribution in [3.05, 3.63) is 88.6 Å².